The molecule has 5 nitrogen and oxygen atoms in total. The van der Waals surface area contributed by atoms with Crippen LogP contribution < -0.4 is 10.4 Å². The first kappa shape index (κ1) is 15.4. The Balaban J connectivity index is 1.79. The highest BCUT2D eigenvalue weighted by Gasteiger charge is 2.50. The van der Waals surface area contributed by atoms with Crippen LogP contribution in [0.4, 0.5) is 5.69 Å². The van der Waals surface area contributed by atoms with Crippen LogP contribution in [0.1, 0.15) is 5.56 Å². The molecule has 1 N–H and O–H groups in total. The predicted octanol–water partition coefficient (Wildman–Crippen LogP) is 3.29. The number of carbonyl (C=O) groups is 2. The van der Waals surface area contributed by atoms with Crippen molar-refractivity contribution < 1.29 is 14.4 Å². The van der Waals surface area contributed by atoms with Crippen LogP contribution in [0, 0.1) is 0 Å². The van der Waals surface area contributed by atoms with Crippen LogP contribution in [0.2, 0.25) is 5.02 Å². The molecule has 1 saturated heterocycles. The molecule has 1 fully saturated rings. The summed E-state index contributed by atoms with van der Waals surface area (Å²) >= 11 is 9.34. The molecule has 0 saturated carbocycles. The smallest absolute Gasteiger partial charge is 0.270 e. The number of rotatable bonds is 2. The molecule has 4 rings (SSSR count). The number of halogens is 2. The Morgan fingerprint density at radius 2 is 1.88 bits per heavy atom. The van der Waals surface area contributed by atoms with E-state index >= 15 is 0 Å². The third kappa shape index (κ3) is 2.34. The second-order valence-corrected chi connectivity index (χ2v) is 6.71. The number of hydroxylamine groups is 1. The minimum Gasteiger partial charge on any atom is -0.270 e. The average Bonchev–Trinajstić information content (AvgIpc) is 3.09. The molecule has 1 atom stereocenters. The van der Waals surface area contributed by atoms with E-state index in [1.807, 2.05) is 24.3 Å². The van der Waals surface area contributed by atoms with Crippen LogP contribution in [0.25, 0.3) is 5.70 Å². The Hall–Kier alpha value is -2.15. The lowest BCUT2D eigenvalue weighted by Crippen LogP contribution is -2.34. The molecule has 120 valence electrons. The van der Waals surface area contributed by atoms with E-state index in [1.54, 1.807) is 24.3 Å². The zero-order valence-electron chi connectivity index (χ0n) is 12.1. The fourth-order valence-electron chi connectivity index (χ4n) is 2.78. The van der Waals surface area contributed by atoms with E-state index in [0.29, 0.717) is 22.0 Å². The summed E-state index contributed by atoms with van der Waals surface area (Å²) < 4.78 is 0.918. The Kier molecular flexibility index (Phi) is 3.68. The van der Waals surface area contributed by atoms with Crippen LogP contribution in [0.5, 0.6) is 0 Å². The van der Waals surface area contributed by atoms with Crippen LogP contribution in [-0.4, -0.2) is 17.9 Å². The number of carbonyl (C=O) groups excluding carboxylic acids is 2. The van der Waals surface area contributed by atoms with Gasteiger partial charge in [-0.25, -0.2) is 4.90 Å². The maximum Gasteiger partial charge on any atom is 0.270 e. The third-order valence-electron chi connectivity index (χ3n) is 3.89. The van der Waals surface area contributed by atoms with Gasteiger partial charge in [-0.3, -0.25) is 19.9 Å². The lowest BCUT2D eigenvalue weighted by atomic mass is 10.1. The number of nitrogens with zero attached hydrogens (tertiary/aromatic N) is 1. The summed E-state index contributed by atoms with van der Waals surface area (Å²) in [6.07, 6.45) is -0.949. The molecular formula is C17H10BrClN2O3. The first-order valence-electron chi connectivity index (χ1n) is 7.12. The minimum atomic E-state index is -0.949. The molecule has 2 amide bonds. The van der Waals surface area contributed by atoms with Crippen molar-refractivity contribution in [3.8, 4) is 0 Å². The Morgan fingerprint density at radius 1 is 1.12 bits per heavy atom. The molecule has 0 bridgehead atoms. The highest BCUT2D eigenvalue weighted by atomic mass is 79.9. The summed E-state index contributed by atoms with van der Waals surface area (Å²) in [5.74, 6) is -0.841. The predicted molar refractivity (Wildman–Crippen MR) is 93.0 cm³/mol. The molecule has 2 aliphatic heterocycles. The van der Waals surface area contributed by atoms with Crippen molar-refractivity contribution in [3.05, 3.63) is 69.2 Å². The van der Waals surface area contributed by atoms with Crippen molar-refractivity contribution in [3.63, 3.8) is 0 Å². The van der Waals surface area contributed by atoms with Gasteiger partial charge in [0.25, 0.3) is 11.8 Å². The first-order valence-corrected chi connectivity index (χ1v) is 8.29. The molecule has 2 aromatic rings. The summed E-state index contributed by atoms with van der Waals surface area (Å²) in [6, 6.07) is 14.0. The number of hydrogen-bond donors (Lipinski definition) is 1. The topological polar surface area (TPSA) is 58.6 Å². The standard InChI is InChI=1S/C17H10BrClN2O3/c18-10-6-4-9(5-7-10)14-13-15(24-20-14)17(23)21(16(13)22)12-3-1-2-11(19)8-12/h1-8,15,20H/t15-/m1/s1. The Bertz CT molecular complexity index is 895. The Labute approximate surface area is 150 Å². The van der Waals surface area contributed by atoms with Gasteiger partial charge in [-0.05, 0) is 30.3 Å². The number of fused-ring (bicyclic) bond motifs is 1. The monoisotopic (exact) mass is 404 g/mol. The quantitative estimate of drug-likeness (QED) is 0.779. The van der Waals surface area contributed by atoms with Crippen molar-refractivity contribution in [2.45, 2.75) is 6.10 Å². The van der Waals surface area contributed by atoms with Gasteiger partial charge in [-0.1, -0.05) is 45.7 Å². The molecule has 2 heterocycles. The van der Waals surface area contributed by atoms with Gasteiger partial charge < -0.3 is 0 Å². The van der Waals surface area contributed by atoms with Crippen LogP contribution in [0.3, 0.4) is 0 Å². The van der Waals surface area contributed by atoms with Crippen molar-refractivity contribution in [1.82, 2.24) is 5.48 Å². The molecule has 0 aromatic heterocycles. The van der Waals surface area contributed by atoms with Crippen molar-refractivity contribution in [1.29, 1.82) is 0 Å². The molecule has 24 heavy (non-hydrogen) atoms. The van der Waals surface area contributed by atoms with Gasteiger partial charge >= 0.3 is 0 Å². The maximum atomic E-state index is 12.8. The zero-order valence-corrected chi connectivity index (χ0v) is 14.5. The minimum absolute atomic E-state index is 0.308. The second-order valence-electron chi connectivity index (χ2n) is 5.35. The van der Waals surface area contributed by atoms with Crippen molar-refractivity contribution in [2.75, 3.05) is 4.90 Å². The molecule has 2 aromatic carbocycles. The number of nitrogens with one attached hydrogen (secondary N) is 1. The van der Waals surface area contributed by atoms with E-state index in [0.717, 1.165) is 14.9 Å². The molecule has 0 spiro atoms. The molecule has 0 aliphatic carbocycles. The molecule has 0 radical (unpaired) electrons. The fraction of sp³-hybridized carbons (Fsp3) is 0.0588. The van der Waals surface area contributed by atoms with Gasteiger partial charge in [0.15, 0.2) is 6.10 Å². The lowest BCUT2D eigenvalue weighted by molar-refractivity contribution is -0.127. The zero-order chi connectivity index (χ0) is 16.8. The van der Waals surface area contributed by atoms with E-state index in [-0.39, 0.29) is 0 Å². The summed E-state index contributed by atoms with van der Waals surface area (Å²) in [7, 11) is 0. The molecule has 7 heteroatoms. The summed E-state index contributed by atoms with van der Waals surface area (Å²) in [4.78, 5) is 31.9. The normalized spacial score (nSPS) is 19.8. The van der Waals surface area contributed by atoms with Crippen molar-refractivity contribution >= 4 is 50.7 Å². The largest absolute Gasteiger partial charge is 0.270 e. The van der Waals surface area contributed by atoms with Crippen LogP contribution >= 0.6 is 27.5 Å². The average molecular weight is 406 g/mol. The van der Waals surface area contributed by atoms with Crippen LogP contribution in [0.15, 0.2) is 58.6 Å². The molecular weight excluding hydrogens is 396 g/mol. The van der Waals surface area contributed by atoms with Gasteiger partial charge in [0, 0.05) is 15.1 Å². The summed E-state index contributed by atoms with van der Waals surface area (Å²) in [5.41, 5.74) is 4.72. The number of amides is 2. The highest BCUT2D eigenvalue weighted by Crippen LogP contribution is 2.36. The van der Waals surface area contributed by atoms with E-state index in [4.69, 9.17) is 16.4 Å². The number of anilines is 1. The molecule has 0 unspecified atom stereocenters. The number of hydrogen-bond acceptors (Lipinski definition) is 4. The van der Waals surface area contributed by atoms with Crippen molar-refractivity contribution in [2.24, 2.45) is 0 Å². The van der Waals surface area contributed by atoms with Gasteiger partial charge in [0.1, 0.15) is 0 Å². The lowest BCUT2D eigenvalue weighted by Gasteiger charge is -2.15. The number of imide groups is 1. The second kappa shape index (κ2) is 5.73. The van der Waals surface area contributed by atoms with Gasteiger partial charge in [0.2, 0.25) is 0 Å². The Morgan fingerprint density at radius 3 is 2.58 bits per heavy atom. The summed E-state index contributed by atoms with van der Waals surface area (Å²) in [5, 5.41) is 0.450. The van der Waals surface area contributed by atoms with E-state index in [2.05, 4.69) is 21.4 Å². The van der Waals surface area contributed by atoms with Gasteiger partial charge in [0.05, 0.1) is 17.0 Å². The highest BCUT2D eigenvalue weighted by molar-refractivity contribution is 9.10. The van der Waals surface area contributed by atoms with Gasteiger partial charge in [-0.15, -0.1) is 0 Å². The maximum absolute atomic E-state index is 12.8. The SMILES string of the molecule is O=C1C2=C(c3ccc(Br)cc3)NO[C@H]2C(=O)N1c1cccc(Cl)c1. The summed E-state index contributed by atoms with van der Waals surface area (Å²) in [6.45, 7) is 0. The first-order chi connectivity index (χ1) is 11.6. The third-order valence-corrected chi connectivity index (χ3v) is 4.65. The molecule has 2 aliphatic rings. The van der Waals surface area contributed by atoms with Gasteiger partial charge in [-0.2, -0.15) is 0 Å². The number of benzene rings is 2. The van der Waals surface area contributed by atoms with E-state index in [9.17, 15) is 9.59 Å². The van der Waals surface area contributed by atoms with Crippen LogP contribution in [-0.2, 0) is 14.4 Å². The van der Waals surface area contributed by atoms with E-state index in [1.165, 1.54) is 0 Å². The fourth-order valence-corrected chi connectivity index (χ4v) is 3.23. The van der Waals surface area contributed by atoms with E-state index < -0.39 is 17.9 Å².